The number of aromatic nitrogens is 1. The van der Waals surface area contributed by atoms with E-state index in [0.29, 0.717) is 46.4 Å². The minimum atomic E-state index is -0.345. The average molecular weight is 588 g/mol. The van der Waals surface area contributed by atoms with Gasteiger partial charge in [-0.3, -0.25) is 19.1 Å². The van der Waals surface area contributed by atoms with Crippen molar-refractivity contribution < 1.29 is 9.18 Å². The number of amides is 1. The minimum absolute atomic E-state index is 0.0816. The van der Waals surface area contributed by atoms with E-state index in [4.69, 9.17) is 12.2 Å². The fourth-order valence-electron chi connectivity index (χ4n) is 5.27. The molecule has 0 atom stereocenters. The van der Waals surface area contributed by atoms with Crippen LogP contribution in [-0.4, -0.2) is 45.9 Å². The molecular weight excluding hydrogens is 558 g/mol. The van der Waals surface area contributed by atoms with Gasteiger partial charge in [-0.1, -0.05) is 61.2 Å². The van der Waals surface area contributed by atoms with Crippen molar-refractivity contribution in [1.82, 2.24) is 9.47 Å². The van der Waals surface area contributed by atoms with Crippen molar-refractivity contribution in [3.8, 4) is 6.07 Å². The van der Waals surface area contributed by atoms with Gasteiger partial charge in [0.1, 0.15) is 27.6 Å². The number of rotatable bonds is 7. The van der Waals surface area contributed by atoms with Crippen LogP contribution < -0.4 is 15.4 Å². The number of piperazine rings is 1. The molecule has 0 saturated carbocycles. The Bertz CT molecular complexity index is 1600. The molecule has 1 amide bonds. The van der Waals surface area contributed by atoms with E-state index in [1.54, 1.807) is 29.7 Å². The van der Waals surface area contributed by atoms with Gasteiger partial charge in [-0.15, -0.1) is 0 Å². The molecule has 41 heavy (non-hydrogen) atoms. The highest BCUT2D eigenvalue weighted by molar-refractivity contribution is 8.26. The van der Waals surface area contributed by atoms with Crippen LogP contribution in [-0.2, 0) is 17.9 Å². The van der Waals surface area contributed by atoms with E-state index in [-0.39, 0.29) is 29.4 Å². The molecule has 210 valence electrons. The molecule has 1 aromatic heterocycles. The summed E-state index contributed by atoms with van der Waals surface area (Å²) in [6.07, 6.45) is 2.49. The summed E-state index contributed by atoms with van der Waals surface area (Å²) in [4.78, 5) is 33.5. The van der Waals surface area contributed by atoms with Gasteiger partial charge in [0.25, 0.3) is 11.5 Å². The largest absolute Gasteiger partial charge is 0.368 e. The van der Waals surface area contributed by atoms with E-state index >= 15 is 0 Å². The quantitative estimate of drug-likeness (QED) is 0.274. The second-order valence-electron chi connectivity index (χ2n) is 10.0. The van der Waals surface area contributed by atoms with Crippen LogP contribution in [0.15, 0.2) is 64.3 Å². The Labute approximate surface area is 248 Å². The molecular formula is C31H30FN5O2S2. The van der Waals surface area contributed by atoms with Crippen molar-refractivity contribution in [2.24, 2.45) is 0 Å². The summed E-state index contributed by atoms with van der Waals surface area (Å²) in [6.45, 7) is 7.33. The first kappa shape index (κ1) is 28.6. The Morgan fingerprint density at radius 3 is 2.32 bits per heavy atom. The van der Waals surface area contributed by atoms with Crippen molar-refractivity contribution in [1.29, 1.82) is 5.26 Å². The lowest BCUT2D eigenvalue weighted by molar-refractivity contribution is -0.122. The molecule has 0 aliphatic carbocycles. The Balaban J connectivity index is 1.53. The predicted molar refractivity (Wildman–Crippen MR) is 166 cm³/mol. The third kappa shape index (κ3) is 5.78. The van der Waals surface area contributed by atoms with E-state index in [9.17, 15) is 19.2 Å². The second kappa shape index (κ2) is 12.3. The number of thiocarbonyl (C=S) groups is 1. The number of thioether (sulfide) groups is 1. The maximum atomic E-state index is 13.5. The number of anilines is 2. The van der Waals surface area contributed by atoms with Gasteiger partial charge in [-0.25, -0.2) is 4.39 Å². The molecule has 3 aromatic rings. The van der Waals surface area contributed by atoms with Gasteiger partial charge >= 0.3 is 0 Å². The number of para-hydroxylation sites is 1. The van der Waals surface area contributed by atoms with Crippen LogP contribution in [0.2, 0.25) is 0 Å². The average Bonchev–Trinajstić information content (AvgIpc) is 3.25. The zero-order chi connectivity index (χ0) is 29.1. The molecule has 2 aliphatic rings. The van der Waals surface area contributed by atoms with E-state index < -0.39 is 0 Å². The molecule has 0 bridgehead atoms. The van der Waals surface area contributed by atoms with Gasteiger partial charge in [0.15, 0.2) is 0 Å². The number of hydrogen-bond acceptors (Lipinski definition) is 7. The predicted octanol–water partition coefficient (Wildman–Crippen LogP) is 5.31. The molecule has 0 N–H and O–H groups in total. The molecule has 3 heterocycles. The molecule has 5 rings (SSSR count). The Morgan fingerprint density at radius 1 is 1.02 bits per heavy atom. The van der Waals surface area contributed by atoms with Crippen molar-refractivity contribution in [2.45, 2.75) is 33.4 Å². The summed E-state index contributed by atoms with van der Waals surface area (Å²) in [5.41, 5.74) is 2.92. The first-order chi connectivity index (χ1) is 19.8. The second-order valence-corrected chi connectivity index (χ2v) is 11.7. The maximum Gasteiger partial charge on any atom is 0.270 e. The van der Waals surface area contributed by atoms with Gasteiger partial charge < -0.3 is 9.80 Å². The maximum absolute atomic E-state index is 13.5. The van der Waals surface area contributed by atoms with Gasteiger partial charge in [-0.05, 0) is 54.8 Å². The lowest BCUT2D eigenvalue weighted by atomic mass is 10.0. The van der Waals surface area contributed by atoms with Crippen LogP contribution in [0.25, 0.3) is 6.08 Å². The number of carbonyl (C=O) groups is 1. The standard InChI is InChI=1S/C31H30FN5O2S2/c1-3-13-36-28(35-16-14-34(15-17-35)24-7-5-4-6-8-24)25(21(2)26(19-33)29(36)38)18-27-30(39)37(31(40)41-27)20-22-9-11-23(32)12-10-22/h4-12,18H,3,13-17,20H2,1-2H3/b27-18-. The summed E-state index contributed by atoms with van der Waals surface area (Å²) < 4.78 is 15.5. The summed E-state index contributed by atoms with van der Waals surface area (Å²) in [5, 5.41) is 9.93. The van der Waals surface area contributed by atoms with Crippen LogP contribution in [0.5, 0.6) is 0 Å². The number of carbonyl (C=O) groups excluding carboxylic acids is 1. The highest BCUT2D eigenvalue weighted by Gasteiger charge is 2.34. The van der Waals surface area contributed by atoms with Gasteiger partial charge in [-0.2, -0.15) is 5.26 Å². The Morgan fingerprint density at radius 2 is 1.68 bits per heavy atom. The molecule has 0 radical (unpaired) electrons. The monoisotopic (exact) mass is 587 g/mol. The summed E-state index contributed by atoms with van der Waals surface area (Å²) in [7, 11) is 0. The van der Waals surface area contributed by atoms with Crippen LogP contribution >= 0.6 is 24.0 Å². The van der Waals surface area contributed by atoms with Crippen molar-refractivity contribution in [2.75, 3.05) is 36.0 Å². The highest BCUT2D eigenvalue weighted by Crippen LogP contribution is 2.37. The van der Waals surface area contributed by atoms with Gasteiger partial charge in [0, 0.05) is 44.0 Å². The first-order valence-electron chi connectivity index (χ1n) is 13.5. The lowest BCUT2D eigenvalue weighted by Crippen LogP contribution is -2.48. The number of hydrogen-bond donors (Lipinski definition) is 0. The Hall–Kier alpha value is -3.94. The van der Waals surface area contributed by atoms with Gasteiger partial charge in [0.05, 0.1) is 11.4 Å². The fraction of sp³-hybridized carbons (Fsp3) is 0.290. The zero-order valence-corrected chi connectivity index (χ0v) is 24.6. The smallest absolute Gasteiger partial charge is 0.270 e. The molecule has 2 aromatic carbocycles. The van der Waals surface area contributed by atoms with E-state index in [1.807, 2.05) is 25.1 Å². The molecule has 2 aliphatic heterocycles. The first-order valence-corrected chi connectivity index (χ1v) is 14.8. The van der Waals surface area contributed by atoms with Crippen LogP contribution in [0.3, 0.4) is 0 Å². The van der Waals surface area contributed by atoms with E-state index in [0.717, 1.165) is 30.2 Å². The number of pyridine rings is 1. The number of halogens is 1. The Kier molecular flexibility index (Phi) is 8.57. The normalized spacial score (nSPS) is 16.5. The molecule has 0 unspecified atom stereocenters. The minimum Gasteiger partial charge on any atom is -0.368 e. The summed E-state index contributed by atoms with van der Waals surface area (Å²) >= 11 is 6.75. The molecule has 2 saturated heterocycles. The van der Waals surface area contributed by atoms with Gasteiger partial charge in [0.2, 0.25) is 0 Å². The molecule has 10 heteroatoms. The third-order valence-corrected chi connectivity index (χ3v) is 8.77. The SMILES string of the molecule is CCCn1c(N2CCN(c3ccccc3)CC2)c(/C=C2\SC(=S)N(Cc3ccc(F)cc3)C2=O)c(C)c(C#N)c1=O. The van der Waals surface area contributed by atoms with Crippen LogP contribution in [0.1, 0.15) is 35.6 Å². The topological polar surface area (TPSA) is 72.6 Å². The fourth-order valence-corrected chi connectivity index (χ4v) is 6.51. The van der Waals surface area contributed by atoms with Crippen molar-refractivity contribution in [3.63, 3.8) is 0 Å². The highest BCUT2D eigenvalue weighted by atomic mass is 32.2. The van der Waals surface area contributed by atoms with E-state index in [1.165, 1.54) is 28.8 Å². The van der Waals surface area contributed by atoms with Crippen molar-refractivity contribution >= 4 is 51.8 Å². The molecule has 0 spiro atoms. The van der Waals surface area contributed by atoms with Crippen molar-refractivity contribution in [3.05, 3.63) is 97.9 Å². The lowest BCUT2D eigenvalue weighted by Gasteiger charge is -2.39. The molecule has 7 nitrogen and oxygen atoms in total. The number of nitriles is 1. The number of nitrogens with zero attached hydrogens (tertiary/aromatic N) is 5. The van der Waals surface area contributed by atoms with Crippen LogP contribution in [0.4, 0.5) is 15.9 Å². The van der Waals surface area contributed by atoms with E-state index in [2.05, 4.69) is 28.0 Å². The van der Waals surface area contributed by atoms with Crippen LogP contribution in [0, 0.1) is 24.1 Å². The third-order valence-electron chi connectivity index (χ3n) is 7.40. The zero-order valence-electron chi connectivity index (χ0n) is 23.0. The molecule has 2 fully saturated rings. The summed E-state index contributed by atoms with van der Waals surface area (Å²) in [6, 6.07) is 18.3. The summed E-state index contributed by atoms with van der Waals surface area (Å²) in [5.74, 6) is 0.127. The number of benzene rings is 2.